The third kappa shape index (κ3) is 11.3. The van der Waals surface area contributed by atoms with Crippen molar-refractivity contribution in [3.05, 3.63) is 0 Å². The Balaban J connectivity index is 3.17. The summed E-state index contributed by atoms with van der Waals surface area (Å²) in [7, 11) is 0. The summed E-state index contributed by atoms with van der Waals surface area (Å²) in [6.45, 7) is 8.90. The second-order valence-electron chi connectivity index (χ2n) is 3.87. The van der Waals surface area contributed by atoms with E-state index in [9.17, 15) is 4.79 Å². The molecule has 0 saturated heterocycles. The molecule has 1 N–H and O–H groups in total. The monoisotopic (exact) mass is 217 g/mol. The Labute approximate surface area is 92.3 Å². The lowest BCUT2D eigenvalue weighted by Crippen LogP contribution is -2.26. The van der Waals surface area contributed by atoms with Crippen LogP contribution in [0, 0.1) is 5.92 Å². The summed E-state index contributed by atoms with van der Waals surface area (Å²) in [4.78, 5) is 11.1. The van der Waals surface area contributed by atoms with Crippen molar-refractivity contribution >= 4 is 5.97 Å². The van der Waals surface area contributed by atoms with Crippen LogP contribution in [0.1, 0.15) is 27.2 Å². The molecule has 90 valence electrons. The van der Waals surface area contributed by atoms with E-state index in [-0.39, 0.29) is 12.5 Å². The minimum atomic E-state index is -0.211. The van der Waals surface area contributed by atoms with Gasteiger partial charge >= 0.3 is 5.97 Å². The van der Waals surface area contributed by atoms with Crippen LogP contribution in [-0.2, 0) is 14.3 Å². The number of nitrogens with one attached hydrogen (secondary N) is 1. The van der Waals surface area contributed by atoms with Crippen LogP contribution in [0.5, 0.6) is 0 Å². The molecular weight excluding hydrogens is 194 g/mol. The van der Waals surface area contributed by atoms with E-state index in [1.54, 1.807) is 0 Å². The van der Waals surface area contributed by atoms with Gasteiger partial charge in [0.2, 0.25) is 0 Å². The summed E-state index contributed by atoms with van der Waals surface area (Å²) in [5.74, 6) is 0.309. The van der Waals surface area contributed by atoms with Crippen LogP contribution in [0.3, 0.4) is 0 Å². The third-order valence-electron chi connectivity index (χ3n) is 1.64. The lowest BCUT2D eigenvalue weighted by molar-refractivity contribution is -0.144. The molecule has 0 aliphatic rings. The van der Waals surface area contributed by atoms with Gasteiger partial charge in [-0.3, -0.25) is 4.79 Å². The van der Waals surface area contributed by atoms with E-state index in [0.717, 1.165) is 13.0 Å². The Morgan fingerprint density at radius 1 is 1.33 bits per heavy atom. The Hall–Kier alpha value is -0.610. The van der Waals surface area contributed by atoms with Gasteiger partial charge in [-0.15, -0.1) is 0 Å². The Morgan fingerprint density at radius 2 is 2.07 bits per heavy atom. The number of carbonyl (C=O) groups is 1. The fraction of sp³-hybridized carbons (Fsp3) is 0.909. The van der Waals surface area contributed by atoms with Crippen LogP contribution in [0.15, 0.2) is 0 Å². The number of carbonyl (C=O) groups excluding carboxylic acids is 1. The van der Waals surface area contributed by atoms with Crippen molar-refractivity contribution in [1.29, 1.82) is 0 Å². The van der Waals surface area contributed by atoms with Crippen molar-refractivity contribution < 1.29 is 14.3 Å². The highest BCUT2D eigenvalue weighted by Crippen LogP contribution is 1.91. The van der Waals surface area contributed by atoms with Crippen molar-refractivity contribution in [2.24, 2.45) is 5.92 Å². The van der Waals surface area contributed by atoms with Crippen molar-refractivity contribution in [3.8, 4) is 0 Å². The SMILES string of the molecule is CCCNCC(=O)OCCOCC(C)C. The van der Waals surface area contributed by atoms with Crippen molar-refractivity contribution in [3.63, 3.8) is 0 Å². The average molecular weight is 217 g/mol. The lowest BCUT2D eigenvalue weighted by atomic mass is 10.2. The zero-order valence-corrected chi connectivity index (χ0v) is 10.0. The molecule has 0 bridgehead atoms. The van der Waals surface area contributed by atoms with E-state index in [4.69, 9.17) is 9.47 Å². The van der Waals surface area contributed by atoms with E-state index in [1.165, 1.54) is 0 Å². The number of esters is 1. The molecule has 0 heterocycles. The van der Waals surface area contributed by atoms with Crippen molar-refractivity contribution in [1.82, 2.24) is 5.32 Å². The molecule has 0 radical (unpaired) electrons. The molecule has 0 fully saturated rings. The summed E-state index contributed by atoms with van der Waals surface area (Å²) < 4.78 is 10.2. The minimum Gasteiger partial charge on any atom is -0.462 e. The Morgan fingerprint density at radius 3 is 2.67 bits per heavy atom. The third-order valence-corrected chi connectivity index (χ3v) is 1.64. The van der Waals surface area contributed by atoms with Crippen LogP contribution in [0.25, 0.3) is 0 Å². The van der Waals surface area contributed by atoms with Gasteiger partial charge in [-0.1, -0.05) is 20.8 Å². The highest BCUT2D eigenvalue weighted by Gasteiger charge is 2.01. The van der Waals surface area contributed by atoms with E-state index in [2.05, 4.69) is 26.1 Å². The minimum absolute atomic E-state index is 0.211. The fourth-order valence-corrected chi connectivity index (χ4v) is 0.952. The van der Waals surface area contributed by atoms with E-state index in [0.29, 0.717) is 25.7 Å². The highest BCUT2D eigenvalue weighted by atomic mass is 16.6. The van der Waals surface area contributed by atoms with E-state index in [1.807, 2.05) is 0 Å². The average Bonchev–Trinajstić information content (AvgIpc) is 2.17. The van der Waals surface area contributed by atoms with Gasteiger partial charge in [0, 0.05) is 6.61 Å². The molecule has 15 heavy (non-hydrogen) atoms. The summed E-state index contributed by atoms with van der Waals surface area (Å²) in [5, 5.41) is 2.98. The summed E-state index contributed by atoms with van der Waals surface area (Å²) in [6, 6.07) is 0. The highest BCUT2D eigenvalue weighted by molar-refractivity contribution is 5.71. The maximum atomic E-state index is 11.1. The molecule has 0 unspecified atom stereocenters. The zero-order valence-electron chi connectivity index (χ0n) is 10.0. The summed E-state index contributed by atoms with van der Waals surface area (Å²) in [5.41, 5.74) is 0. The van der Waals surface area contributed by atoms with Gasteiger partial charge in [0.15, 0.2) is 0 Å². The molecule has 4 heteroatoms. The van der Waals surface area contributed by atoms with Crippen LogP contribution in [0.2, 0.25) is 0 Å². The number of rotatable bonds is 9. The predicted molar refractivity (Wildman–Crippen MR) is 59.8 cm³/mol. The molecule has 0 amide bonds. The first-order chi connectivity index (χ1) is 7.16. The standard InChI is InChI=1S/C11H23NO3/c1-4-5-12-8-11(13)15-7-6-14-9-10(2)3/h10,12H,4-9H2,1-3H3. The first-order valence-corrected chi connectivity index (χ1v) is 5.60. The molecule has 0 aromatic carbocycles. The van der Waals surface area contributed by atoms with E-state index < -0.39 is 0 Å². The van der Waals surface area contributed by atoms with Crippen LogP contribution < -0.4 is 5.32 Å². The molecule has 0 spiro atoms. The summed E-state index contributed by atoms with van der Waals surface area (Å²) in [6.07, 6.45) is 1.02. The van der Waals surface area contributed by atoms with Gasteiger partial charge in [0.1, 0.15) is 6.61 Å². The fourth-order valence-electron chi connectivity index (χ4n) is 0.952. The Kier molecular flexibility index (Phi) is 9.52. The van der Waals surface area contributed by atoms with Gasteiger partial charge in [-0.2, -0.15) is 0 Å². The number of hydrogen-bond acceptors (Lipinski definition) is 4. The largest absolute Gasteiger partial charge is 0.462 e. The summed E-state index contributed by atoms with van der Waals surface area (Å²) >= 11 is 0. The van der Waals surface area contributed by atoms with Gasteiger partial charge in [0.25, 0.3) is 0 Å². The molecule has 0 atom stereocenters. The maximum absolute atomic E-state index is 11.1. The quantitative estimate of drug-likeness (QED) is 0.466. The van der Waals surface area contributed by atoms with Gasteiger partial charge in [-0.05, 0) is 18.9 Å². The van der Waals surface area contributed by atoms with Crippen molar-refractivity contribution in [2.75, 3.05) is 32.9 Å². The molecule has 0 aromatic heterocycles. The van der Waals surface area contributed by atoms with Crippen LogP contribution >= 0.6 is 0 Å². The predicted octanol–water partition coefficient (Wildman–Crippen LogP) is 1.20. The molecule has 0 rings (SSSR count). The normalized spacial score (nSPS) is 10.7. The van der Waals surface area contributed by atoms with Gasteiger partial charge in [0.05, 0.1) is 13.2 Å². The van der Waals surface area contributed by atoms with Gasteiger partial charge in [-0.25, -0.2) is 0 Å². The van der Waals surface area contributed by atoms with E-state index >= 15 is 0 Å². The van der Waals surface area contributed by atoms with Crippen LogP contribution in [-0.4, -0.2) is 38.9 Å². The molecule has 4 nitrogen and oxygen atoms in total. The number of ether oxygens (including phenoxy) is 2. The van der Waals surface area contributed by atoms with Gasteiger partial charge < -0.3 is 14.8 Å². The topological polar surface area (TPSA) is 47.6 Å². The maximum Gasteiger partial charge on any atom is 0.319 e. The van der Waals surface area contributed by atoms with Crippen LogP contribution in [0.4, 0.5) is 0 Å². The smallest absolute Gasteiger partial charge is 0.319 e. The number of hydrogen-bond donors (Lipinski definition) is 1. The molecular formula is C11H23NO3. The first kappa shape index (κ1) is 14.4. The second kappa shape index (κ2) is 9.93. The van der Waals surface area contributed by atoms with Crippen molar-refractivity contribution in [2.45, 2.75) is 27.2 Å². The zero-order chi connectivity index (χ0) is 11.5. The molecule has 0 saturated carbocycles. The molecule has 0 aliphatic carbocycles. The Bertz CT molecular complexity index is 160. The second-order valence-corrected chi connectivity index (χ2v) is 3.87. The lowest BCUT2D eigenvalue weighted by Gasteiger charge is -2.08. The molecule has 0 aliphatic heterocycles. The first-order valence-electron chi connectivity index (χ1n) is 5.60. The molecule has 0 aromatic rings.